The van der Waals surface area contributed by atoms with Crippen LogP contribution in [-0.4, -0.2) is 47.3 Å². The number of nitrogens with one attached hydrogen (secondary N) is 1. The standard InChI is InChI=1S/C27H34FN3O2/c1-19-2-5-23(18-29-19)27(33)30-25-10-3-20(4-11-25)12-15-31-16-13-22(14-17-31)26(32)21-6-8-24(28)9-7-21/h2,5-9,18,20,22,25H,3-4,10-17H2,1H3,(H,30,33). The quantitative estimate of drug-likeness (QED) is 0.614. The molecule has 1 amide bonds. The van der Waals surface area contributed by atoms with E-state index in [0.717, 1.165) is 63.9 Å². The fourth-order valence-electron chi connectivity index (χ4n) is 5.10. The number of pyridine rings is 1. The minimum absolute atomic E-state index is 0.0241. The average Bonchev–Trinajstić information content (AvgIpc) is 2.84. The molecule has 1 saturated carbocycles. The minimum atomic E-state index is -0.304. The predicted molar refractivity (Wildman–Crippen MR) is 127 cm³/mol. The highest BCUT2D eigenvalue weighted by Crippen LogP contribution is 2.28. The first kappa shape index (κ1) is 23.6. The molecule has 2 heterocycles. The lowest BCUT2D eigenvalue weighted by Crippen LogP contribution is -2.39. The lowest BCUT2D eigenvalue weighted by Gasteiger charge is -2.34. The van der Waals surface area contributed by atoms with Crippen LogP contribution < -0.4 is 5.32 Å². The molecular formula is C27H34FN3O2. The van der Waals surface area contributed by atoms with E-state index in [1.165, 1.54) is 18.6 Å². The van der Waals surface area contributed by atoms with Gasteiger partial charge in [0.05, 0.1) is 5.56 Å². The van der Waals surface area contributed by atoms with Crippen LogP contribution in [-0.2, 0) is 0 Å². The third kappa shape index (κ3) is 6.47. The molecule has 0 unspecified atom stereocenters. The van der Waals surface area contributed by atoms with Crippen LogP contribution in [0.2, 0.25) is 0 Å². The molecule has 176 valence electrons. The Morgan fingerprint density at radius 2 is 1.64 bits per heavy atom. The number of halogens is 1. The molecule has 1 aromatic heterocycles. The SMILES string of the molecule is Cc1ccc(C(=O)NC2CCC(CCN3CCC(C(=O)c4ccc(F)cc4)CC3)CC2)cn1. The van der Waals surface area contributed by atoms with Crippen LogP contribution in [0.15, 0.2) is 42.6 Å². The van der Waals surface area contributed by atoms with Gasteiger partial charge in [0, 0.05) is 29.4 Å². The Kier molecular flexibility index (Phi) is 7.86. The molecule has 0 atom stereocenters. The van der Waals surface area contributed by atoms with E-state index in [0.29, 0.717) is 17.0 Å². The average molecular weight is 452 g/mol. The second kappa shape index (κ2) is 11.0. The Labute approximate surface area is 195 Å². The molecule has 6 heteroatoms. The lowest BCUT2D eigenvalue weighted by molar-refractivity contribution is 0.0832. The summed E-state index contributed by atoms with van der Waals surface area (Å²) >= 11 is 0. The number of Topliss-reactive ketones (excluding diaryl/α,β-unsaturated/α-hetero) is 1. The maximum absolute atomic E-state index is 13.1. The predicted octanol–water partition coefficient (Wildman–Crippen LogP) is 4.80. The van der Waals surface area contributed by atoms with E-state index in [9.17, 15) is 14.0 Å². The fraction of sp³-hybridized carbons (Fsp3) is 0.519. The Hall–Kier alpha value is -2.60. The Morgan fingerprint density at radius 1 is 0.970 bits per heavy atom. The zero-order chi connectivity index (χ0) is 23.2. The van der Waals surface area contributed by atoms with Crippen molar-refractivity contribution in [1.29, 1.82) is 0 Å². The minimum Gasteiger partial charge on any atom is -0.349 e. The van der Waals surface area contributed by atoms with Gasteiger partial charge in [-0.1, -0.05) is 0 Å². The van der Waals surface area contributed by atoms with Gasteiger partial charge in [0.25, 0.3) is 5.91 Å². The summed E-state index contributed by atoms with van der Waals surface area (Å²) < 4.78 is 13.1. The van der Waals surface area contributed by atoms with Gasteiger partial charge in [-0.2, -0.15) is 0 Å². The molecule has 2 fully saturated rings. The van der Waals surface area contributed by atoms with E-state index < -0.39 is 0 Å². The van der Waals surface area contributed by atoms with E-state index in [1.807, 2.05) is 19.1 Å². The summed E-state index contributed by atoms with van der Waals surface area (Å²) in [6.45, 7) is 4.90. The summed E-state index contributed by atoms with van der Waals surface area (Å²) in [7, 11) is 0. The monoisotopic (exact) mass is 451 g/mol. The number of hydrogen-bond acceptors (Lipinski definition) is 4. The number of aromatic nitrogens is 1. The summed E-state index contributed by atoms with van der Waals surface area (Å²) in [5, 5.41) is 3.17. The third-order valence-electron chi connectivity index (χ3n) is 7.30. The van der Waals surface area contributed by atoms with Crippen molar-refractivity contribution in [3.8, 4) is 0 Å². The highest BCUT2D eigenvalue weighted by Gasteiger charge is 2.27. The molecule has 0 radical (unpaired) electrons. The summed E-state index contributed by atoms with van der Waals surface area (Å²) in [6.07, 6.45) is 8.94. The van der Waals surface area contributed by atoms with Crippen molar-refractivity contribution in [3.63, 3.8) is 0 Å². The molecule has 1 aliphatic heterocycles. The Bertz CT molecular complexity index is 929. The molecule has 2 aromatic rings. The molecule has 2 aliphatic rings. The van der Waals surface area contributed by atoms with Crippen molar-refractivity contribution in [1.82, 2.24) is 15.2 Å². The van der Waals surface area contributed by atoms with Crippen molar-refractivity contribution in [2.45, 2.75) is 57.9 Å². The number of amides is 1. The van der Waals surface area contributed by atoms with Gasteiger partial charge in [-0.3, -0.25) is 14.6 Å². The topological polar surface area (TPSA) is 62.3 Å². The van der Waals surface area contributed by atoms with Crippen LogP contribution in [0.3, 0.4) is 0 Å². The number of ketones is 1. The van der Waals surface area contributed by atoms with Crippen molar-refractivity contribution in [2.75, 3.05) is 19.6 Å². The molecule has 33 heavy (non-hydrogen) atoms. The summed E-state index contributed by atoms with van der Waals surface area (Å²) in [4.78, 5) is 31.8. The van der Waals surface area contributed by atoms with E-state index in [1.54, 1.807) is 18.3 Å². The first-order chi connectivity index (χ1) is 16.0. The first-order valence-corrected chi connectivity index (χ1v) is 12.2. The number of carbonyl (C=O) groups excluding carboxylic acids is 2. The molecule has 1 saturated heterocycles. The van der Waals surface area contributed by atoms with Gasteiger partial charge in [0.1, 0.15) is 5.82 Å². The zero-order valence-electron chi connectivity index (χ0n) is 19.4. The number of carbonyl (C=O) groups is 2. The summed E-state index contributed by atoms with van der Waals surface area (Å²) in [6, 6.07) is 9.88. The van der Waals surface area contributed by atoms with E-state index in [4.69, 9.17) is 0 Å². The van der Waals surface area contributed by atoms with E-state index in [-0.39, 0.29) is 29.5 Å². The summed E-state index contributed by atoms with van der Waals surface area (Å²) in [5.74, 6) is 0.578. The van der Waals surface area contributed by atoms with Crippen molar-refractivity contribution in [2.24, 2.45) is 11.8 Å². The molecule has 1 aliphatic carbocycles. The van der Waals surface area contributed by atoms with Gasteiger partial charge in [-0.25, -0.2) is 4.39 Å². The van der Waals surface area contributed by atoms with Gasteiger partial charge in [0.15, 0.2) is 5.78 Å². The largest absolute Gasteiger partial charge is 0.349 e. The number of rotatable bonds is 7. The van der Waals surface area contributed by atoms with E-state index >= 15 is 0 Å². The third-order valence-corrected chi connectivity index (χ3v) is 7.30. The van der Waals surface area contributed by atoms with Gasteiger partial charge < -0.3 is 10.2 Å². The second-order valence-corrected chi connectivity index (χ2v) is 9.66. The fourth-order valence-corrected chi connectivity index (χ4v) is 5.10. The van der Waals surface area contributed by atoms with Crippen LogP contribution in [0.25, 0.3) is 0 Å². The van der Waals surface area contributed by atoms with Gasteiger partial charge in [-0.05, 0) is 114 Å². The molecule has 0 spiro atoms. The van der Waals surface area contributed by atoms with E-state index in [2.05, 4.69) is 15.2 Å². The highest BCUT2D eigenvalue weighted by atomic mass is 19.1. The van der Waals surface area contributed by atoms with Gasteiger partial charge in [-0.15, -0.1) is 0 Å². The number of piperidine rings is 1. The normalized spacial score (nSPS) is 22.1. The molecular weight excluding hydrogens is 417 g/mol. The van der Waals surface area contributed by atoms with Crippen molar-refractivity contribution in [3.05, 3.63) is 65.2 Å². The Balaban J connectivity index is 1.14. The van der Waals surface area contributed by atoms with Gasteiger partial charge in [0.2, 0.25) is 0 Å². The molecule has 1 N–H and O–H groups in total. The van der Waals surface area contributed by atoms with Crippen molar-refractivity contribution >= 4 is 11.7 Å². The summed E-state index contributed by atoms with van der Waals surface area (Å²) in [5.41, 5.74) is 2.16. The van der Waals surface area contributed by atoms with Crippen LogP contribution in [0.5, 0.6) is 0 Å². The first-order valence-electron chi connectivity index (χ1n) is 12.2. The highest BCUT2D eigenvalue weighted by molar-refractivity contribution is 5.97. The number of hydrogen-bond donors (Lipinski definition) is 1. The number of benzene rings is 1. The second-order valence-electron chi connectivity index (χ2n) is 9.66. The molecule has 1 aromatic carbocycles. The van der Waals surface area contributed by atoms with Crippen LogP contribution in [0.4, 0.5) is 4.39 Å². The van der Waals surface area contributed by atoms with Crippen LogP contribution >= 0.6 is 0 Å². The molecule has 0 bridgehead atoms. The maximum Gasteiger partial charge on any atom is 0.253 e. The van der Waals surface area contributed by atoms with Gasteiger partial charge >= 0.3 is 0 Å². The smallest absolute Gasteiger partial charge is 0.253 e. The molecule has 5 nitrogen and oxygen atoms in total. The Morgan fingerprint density at radius 3 is 2.27 bits per heavy atom. The van der Waals surface area contributed by atoms with Crippen molar-refractivity contribution < 1.29 is 14.0 Å². The zero-order valence-corrected chi connectivity index (χ0v) is 19.4. The van der Waals surface area contributed by atoms with Crippen LogP contribution in [0, 0.1) is 24.6 Å². The lowest BCUT2D eigenvalue weighted by atomic mass is 9.83. The van der Waals surface area contributed by atoms with Crippen LogP contribution in [0.1, 0.15) is 71.4 Å². The number of likely N-dealkylation sites (tertiary alicyclic amines) is 1. The number of nitrogens with zero attached hydrogens (tertiary/aromatic N) is 2. The molecule has 4 rings (SSSR count). The number of aryl methyl sites for hydroxylation is 1. The maximum atomic E-state index is 13.1.